The van der Waals surface area contributed by atoms with Crippen molar-refractivity contribution in [2.24, 2.45) is 23.2 Å². The van der Waals surface area contributed by atoms with E-state index in [1.807, 2.05) is 6.92 Å². The third-order valence-electron chi connectivity index (χ3n) is 5.56. The first-order valence-electron chi connectivity index (χ1n) is 8.10. The summed E-state index contributed by atoms with van der Waals surface area (Å²) in [6.45, 7) is 11.8. The second-order valence-corrected chi connectivity index (χ2v) is 7.52. The molecule has 2 fully saturated rings. The summed E-state index contributed by atoms with van der Waals surface area (Å²) in [4.78, 5) is 24.5. The summed E-state index contributed by atoms with van der Waals surface area (Å²) in [7, 11) is 1.63. The number of carbonyl (C=O) groups is 2. The van der Waals surface area contributed by atoms with E-state index in [9.17, 15) is 9.59 Å². The SMILES string of the molecule is C=C1CC[C@H](OC)[C@H](C)C(=O)[C@H](OC(C)=O)[C@@H]2[C@@H]1CC2(C)C. The van der Waals surface area contributed by atoms with Crippen LogP contribution in [0.15, 0.2) is 12.2 Å². The molecule has 124 valence electrons. The van der Waals surface area contributed by atoms with Crippen LogP contribution in [0.3, 0.4) is 0 Å². The Hall–Kier alpha value is -1.16. The van der Waals surface area contributed by atoms with Crippen molar-refractivity contribution in [3.05, 3.63) is 12.2 Å². The van der Waals surface area contributed by atoms with Crippen molar-refractivity contribution >= 4 is 11.8 Å². The molecule has 0 N–H and O–H groups in total. The van der Waals surface area contributed by atoms with Gasteiger partial charge in [0.1, 0.15) is 0 Å². The summed E-state index contributed by atoms with van der Waals surface area (Å²) in [6, 6.07) is 0. The molecule has 2 aliphatic rings. The van der Waals surface area contributed by atoms with Gasteiger partial charge in [0.15, 0.2) is 11.9 Å². The zero-order chi connectivity index (χ0) is 16.7. The number of ketones is 1. The number of rotatable bonds is 2. The van der Waals surface area contributed by atoms with Gasteiger partial charge < -0.3 is 9.47 Å². The van der Waals surface area contributed by atoms with E-state index in [0.717, 1.165) is 24.8 Å². The highest BCUT2D eigenvalue weighted by Crippen LogP contribution is 2.57. The van der Waals surface area contributed by atoms with Gasteiger partial charge in [-0.2, -0.15) is 0 Å². The molecule has 0 spiro atoms. The number of methoxy groups -OCH3 is 1. The number of ether oxygens (including phenoxy) is 2. The van der Waals surface area contributed by atoms with Crippen LogP contribution in [0.25, 0.3) is 0 Å². The molecule has 0 aromatic rings. The fraction of sp³-hybridized carbons (Fsp3) is 0.778. The Morgan fingerprint density at radius 3 is 2.50 bits per heavy atom. The van der Waals surface area contributed by atoms with Crippen molar-refractivity contribution in [3.63, 3.8) is 0 Å². The van der Waals surface area contributed by atoms with E-state index in [4.69, 9.17) is 9.47 Å². The van der Waals surface area contributed by atoms with Crippen molar-refractivity contribution < 1.29 is 19.1 Å². The Morgan fingerprint density at radius 2 is 2.00 bits per heavy atom. The zero-order valence-corrected chi connectivity index (χ0v) is 14.3. The van der Waals surface area contributed by atoms with E-state index < -0.39 is 12.1 Å². The van der Waals surface area contributed by atoms with Crippen LogP contribution in [0.2, 0.25) is 0 Å². The second kappa shape index (κ2) is 6.15. The molecule has 4 nitrogen and oxygen atoms in total. The van der Waals surface area contributed by atoms with Gasteiger partial charge in [-0.1, -0.05) is 32.9 Å². The number of carbonyl (C=O) groups excluding carboxylic acids is 2. The lowest BCUT2D eigenvalue weighted by Crippen LogP contribution is -2.55. The number of Topliss-reactive ketones (excluding diaryl/α,β-unsaturated/α-hetero) is 1. The number of esters is 1. The minimum atomic E-state index is -0.686. The standard InChI is InChI=1S/C18H28O4/c1-10-7-8-14(21-6)11(2)16(20)17(22-12(3)19)15-13(10)9-18(15,4)5/h11,13-15,17H,1,7-9H2,2-6H3/t11-,13+,14-,15-,17+/m0/s1. The summed E-state index contributed by atoms with van der Waals surface area (Å²) in [5.74, 6) is -0.414. The molecule has 0 unspecified atom stereocenters. The first-order valence-corrected chi connectivity index (χ1v) is 8.10. The van der Waals surface area contributed by atoms with Gasteiger partial charge in [-0.3, -0.25) is 9.59 Å². The van der Waals surface area contributed by atoms with Crippen molar-refractivity contribution in [1.29, 1.82) is 0 Å². The minimum Gasteiger partial charge on any atom is -0.454 e. The number of hydrogen-bond donors (Lipinski definition) is 0. The quantitative estimate of drug-likeness (QED) is 0.581. The minimum absolute atomic E-state index is 0.0143. The second-order valence-electron chi connectivity index (χ2n) is 7.52. The van der Waals surface area contributed by atoms with Crippen LogP contribution in [0.1, 0.15) is 47.0 Å². The molecule has 0 aliphatic heterocycles. The average Bonchev–Trinajstić information content (AvgIpc) is 2.44. The van der Waals surface area contributed by atoms with Crippen molar-refractivity contribution in [3.8, 4) is 0 Å². The van der Waals surface area contributed by atoms with Crippen LogP contribution in [-0.2, 0) is 19.1 Å². The van der Waals surface area contributed by atoms with E-state index in [-0.39, 0.29) is 35.1 Å². The third-order valence-corrected chi connectivity index (χ3v) is 5.56. The van der Waals surface area contributed by atoms with Gasteiger partial charge in [0.05, 0.1) is 6.10 Å². The van der Waals surface area contributed by atoms with Gasteiger partial charge in [-0.25, -0.2) is 0 Å². The zero-order valence-electron chi connectivity index (χ0n) is 14.3. The Labute approximate surface area is 133 Å². The maximum absolute atomic E-state index is 13.0. The topological polar surface area (TPSA) is 52.6 Å². The summed E-state index contributed by atoms with van der Waals surface area (Å²) >= 11 is 0. The molecule has 0 amide bonds. The molecular weight excluding hydrogens is 280 g/mol. The number of allylic oxidation sites excluding steroid dienone is 1. The van der Waals surface area contributed by atoms with E-state index >= 15 is 0 Å². The van der Waals surface area contributed by atoms with Crippen LogP contribution in [0.5, 0.6) is 0 Å². The van der Waals surface area contributed by atoms with Crippen LogP contribution in [-0.4, -0.2) is 31.1 Å². The summed E-state index contributed by atoms with van der Waals surface area (Å²) in [6.07, 6.45) is 1.81. The van der Waals surface area contributed by atoms with E-state index in [1.165, 1.54) is 6.92 Å². The van der Waals surface area contributed by atoms with Crippen molar-refractivity contribution in [2.45, 2.75) is 59.2 Å². The molecule has 0 heterocycles. The lowest BCUT2D eigenvalue weighted by molar-refractivity contribution is -0.172. The normalized spacial score (nSPS) is 38.1. The monoisotopic (exact) mass is 308 g/mol. The van der Waals surface area contributed by atoms with Crippen molar-refractivity contribution in [1.82, 2.24) is 0 Å². The maximum atomic E-state index is 13.0. The van der Waals surface area contributed by atoms with Gasteiger partial charge in [0.2, 0.25) is 0 Å². The lowest BCUT2D eigenvalue weighted by atomic mass is 9.51. The molecule has 0 saturated heterocycles. The highest BCUT2D eigenvalue weighted by molar-refractivity contribution is 5.88. The highest BCUT2D eigenvalue weighted by Gasteiger charge is 2.56. The first-order chi connectivity index (χ1) is 10.2. The van der Waals surface area contributed by atoms with Gasteiger partial charge >= 0.3 is 5.97 Å². The Morgan fingerprint density at radius 1 is 1.36 bits per heavy atom. The number of hydrogen-bond acceptors (Lipinski definition) is 4. The van der Waals surface area contributed by atoms with Gasteiger partial charge in [-0.15, -0.1) is 0 Å². The van der Waals surface area contributed by atoms with Gasteiger partial charge in [0, 0.05) is 25.9 Å². The molecule has 0 bridgehead atoms. The molecular formula is C18H28O4. The molecule has 5 atom stereocenters. The fourth-order valence-corrected chi connectivity index (χ4v) is 4.25. The van der Waals surface area contributed by atoms with Crippen LogP contribution in [0.4, 0.5) is 0 Å². The molecule has 0 radical (unpaired) electrons. The average molecular weight is 308 g/mol. The smallest absolute Gasteiger partial charge is 0.303 e. The molecule has 2 aliphatic carbocycles. The van der Waals surface area contributed by atoms with Crippen LogP contribution >= 0.6 is 0 Å². The largest absolute Gasteiger partial charge is 0.454 e. The first kappa shape index (κ1) is 17.2. The van der Waals surface area contributed by atoms with Gasteiger partial charge in [0.25, 0.3) is 0 Å². The molecule has 22 heavy (non-hydrogen) atoms. The molecule has 0 aromatic carbocycles. The van der Waals surface area contributed by atoms with E-state index in [2.05, 4.69) is 20.4 Å². The van der Waals surface area contributed by atoms with Crippen molar-refractivity contribution in [2.75, 3.05) is 7.11 Å². The van der Waals surface area contributed by atoms with E-state index in [1.54, 1.807) is 7.11 Å². The van der Waals surface area contributed by atoms with Crippen LogP contribution < -0.4 is 0 Å². The van der Waals surface area contributed by atoms with Crippen LogP contribution in [0, 0.1) is 23.2 Å². The maximum Gasteiger partial charge on any atom is 0.303 e. The summed E-state index contributed by atoms with van der Waals surface area (Å²) in [5.41, 5.74) is 1.14. The predicted octanol–water partition coefficient (Wildman–Crippen LogP) is 3.15. The highest BCUT2D eigenvalue weighted by atomic mass is 16.5. The molecule has 2 rings (SSSR count). The van der Waals surface area contributed by atoms with Gasteiger partial charge in [-0.05, 0) is 30.6 Å². The Balaban J connectivity index is 2.39. The third kappa shape index (κ3) is 2.98. The fourth-order valence-electron chi connectivity index (χ4n) is 4.25. The molecule has 4 heteroatoms. The van der Waals surface area contributed by atoms with E-state index in [0.29, 0.717) is 0 Å². The lowest BCUT2D eigenvalue weighted by Gasteiger charge is -2.54. The molecule has 2 saturated carbocycles. The Kier molecular flexibility index (Phi) is 4.81. The summed E-state index contributed by atoms with van der Waals surface area (Å²) < 4.78 is 11.0. The Bertz CT molecular complexity index is 479. The summed E-state index contributed by atoms with van der Waals surface area (Å²) in [5, 5.41) is 0. The predicted molar refractivity (Wildman–Crippen MR) is 84.3 cm³/mol. The molecule has 0 aromatic heterocycles. The number of fused-ring (bicyclic) bond motifs is 1.